The molecule has 1 saturated carbocycles. The summed E-state index contributed by atoms with van der Waals surface area (Å²) in [5.41, 5.74) is -0.487. The predicted molar refractivity (Wildman–Crippen MR) is 113 cm³/mol. The van der Waals surface area contributed by atoms with Gasteiger partial charge in [-0.25, -0.2) is 14.2 Å². The molecule has 4 rings (SSSR count). The lowest BCUT2D eigenvalue weighted by atomic mass is 9.82. The number of aryl methyl sites for hydroxylation is 1. The van der Waals surface area contributed by atoms with Gasteiger partial charge in [0, 0.05) is 37.3 Å². The Kier molecular flexibility index (Phi) is 5.99. The van der Waals surface area contributed by atoms with Crippen molar-refractivity contribution in [3.8, 4) is 0 Å². The van der Waals surface area contributed by atoms with Gasteiger partial charge in [-0.2, -0.15) is 0 Å². The van der Waals surface area contributed by atoms with E-state index in [1.54, 1.807) is 18.5 Å². The Morgan fingerprint density at radius 3 is 2.77 bits per heavy atom. The lowest BCUT2D eigenvalue weighted by molar-refractivity contribution is -0.132. The number of imidazole rings is 1. The van der Waals surface area contributed by atoms with Crippen LogP contribution in [0.15, 0.2) is 40.6 Å². The minimum Gasteiger partial charge on any atom is -0.329 e. The van der Waals surface area contributed by atoms with Gasteiger partial charge in [0.1, 0.15) is 11.4 Å². The first-order valence-corrected chi connectivity index (χ1v) is 11.1. The maximum Gasteiger partial charge on any atom is 0.325 e. The van der Waals surface area contributed by atoms with Crippen molar-refractivity contribution in [2.45, 2.75) is 54.1 Å². The highest BCUT2D eigenvalue weighted by molar-refractivity contribution is 7.99. The molecular formula is C21H24FN5O3S. The van der Waals surface area contributed by atoms with E-state index in [4.69, 9.17) is 0 Å². The molecule has 1 spiro atoms. The van der Waals surface area contributed by atoms with E-state index in [1.165, 1.54) is 23.9 Å². The van der Waals surface area contributed by atoms with Gasteiger partial charge < -0.3 is 15.2 Å². The maximum absolute atomic E-state index is 13.8. The van der Waals surface area contributed by atoms with Crippen LogP contribution in [-0.4, -0.2) is 44.4 Å². The molecule has 1 aliphatic heterocycles. The summed E-state index contributed by atoms with van der Waals surface area (Å²) in [6, 6.07) is 3.69. The Morgan fingerprint density at radius 2 is 2.06 bits per heavy atom. The second-order valence-electron chi connectivity index (χ2n) is 7.89. The lowest BCUT2D eigenvalue weighted by Crippen LogP contribution is -2.48. The highest BCUT2D eigenvalue weighted by Gasteiger charge is 2.51. The Hall–Kier alpha value is -2.88. The normalized spacial score (nSPS) is 17.8. The second kappa shape index (κ2) is 8.70. The molecule has 2 N–H and O–H groups in total. The van der Waals surface area contributed by atoms with Crippen LogP contribution in [0.4, 0.5) is 14.9 Å². The third-order valence-corrected chi connectivity index (χ3v) is 6.86. The van der Waals surface area contributed by atoms with Gasteiger partial charge in [-0.05, 0) is 42.8 Å². The zero-order valence-electron chi connectivity index (χ0n) is 17.2. The zero-order valence-corrected chi connectivity index (χ0v) is 18.0. The van der Waals surface area contributed by atoms with Crippen LogP contribution in [0.1, 0.15) is 38.5 Å². The molecule has 0 atom stereocenters. The van der Waals surface area contributed by atoms with Crippen LogP contribution < -0.4 is 10.6 Å². The van der Waals surface area contributed by atoms with Crippen molar-refractivity contribution >= 4 is 35.3 Å². The second-order valence-corrected chi connectivity index (χ2v) is 8.90. The molecule has 2 fully saturated rings. The number of hydrogen-bond donors (Lipinski definition) is 2. The third kappa shape index (κ3) is 4.43. The van der Waals surface area contributed by atoms with E-state index in [2.05, 4.69) is 15.6 Å². The molecule has 164 valence electrons. The van der Waals surface area contributed by atoms with Crippen molar-refractivity contribution < 1.29 is 18.8 Å². The number of halogens is 1. The summed E-state index contributed by atoms with van der Waals surface area (Å²) >= 11 is 1.30. The first-order valence-electron chi connectivity index (χ1n) is 10.3. The topological polar surface area (TPSA) is 96.3 Å². The molecule has 1 saturated heterocycles. The summed E-state index contributed by atoms with van der Waals surface area (Å²) in [4.78, 5) is 43.7. The Labute approximate surface area is 183 Å². The van der Waals surface area contributed by atoms with Gasteiger partial charge in [0.2, 0.25) is 5.91 Å². The smallest absolute Gasteiger partial charge is 0.325 e. The van der Waals surface area contributed by atoms with Gasteiger partial charge in [-0.15, -0.1) is 0 Å². The number of nitrogens with one attached hydrogen (secondary N) is 2. The van der Waals surface area contributed by atoms with Crippen molar-refractivity contribution in [3.63, 3.8) is 0 Å². The highest BCUT2D eigenvalue weighted by atomic mass is 32.2. The predicted octanol–water partition coefficient (Wildman–Crippen LogP) is 3.29. The first-order chi connectivity index (χ1) is 14.9. The van der Waals surface area contributed by atoms with E-state index in [0.717, 1.165) is 24.2 Å². The Morgan fingerprint density at radius 1 is 1.29 bits per heavy atom. The van der Waals surface area contributed by atoms with E-state index in [-0.39, 0.29) is 18.9 Å². The number of aromatic nitrogens is 2. The molecule has 4 amide bonds. The van der Waals surface area contributed by atoms with Crippen LogP contribution >= 0.6 is 11.8 Å². The minimum atomic E-state index is -0.805. The molecule has 31 heavy (non-hydrogen) atoms. The zero-order chi connectivity index (χ0) is 22.0. The summed E-state index contributed by atoms with van der Waals surface area (Å²) < 4.78 is 15.6. The van der Waals surface area contributed by atoms with Gasteiger partial charge in [-0.3, -0.25) is 14.5 Å². The third-order valence-electron chi connectivity index (χ3n) is 5.71. The molecule has 8 nitrogen and oxygen atoms in total. The van der Waals surface area contributed by atoms with E-state index < -0.39 is 23.3 Å². The number of carbonyl (C=O) groups excluding carboxylic acids is 3. The van der Waals surface area contributed by atoms with E-state index >= 15 is 0 Å². The molecular weight excluding hydrogens is 421 g/mol. The van der Waals surface area contributed by atoms with E-state index in [9.17, 15) is 18.8 Å². The number of benzene rings is 1. The van der Waals surface area contributed by atoms with Crippen LogP contribution in [0.2, 0.25) is 0 Å². The quantitative estimate of drug-likeness (QED) is 0.665. The number of hydrogen-bond acceptors (Lipinski definition) is 5. The van der Waals surface area contributed by atoms with Gasteiger partial charge in [-0.1, -0.05) is 19.3 Å². The molecule has 1 aromatic heterocycles. The molecule has 10 heteroatoms. The van der Waals surface area contributed by atoms with Crippen molar-refractivity contribution in [1.29, 1.82) is 0 Å². The van der Waals surface area contributed by atoms with Crippen LogP contribution in [0.3, 0.4) is 0 Å². The number of anilines is 1. The largest absolute Gasteiger partial charge is 0.329 e. The fourth-order valence-electron chi connectivity index (χ4n) is 4.04. The van der Waals surface area contributed by atoms with Crippen molar-refractivity contribution in [2.75, 3.05) is 11.9 Å². The summed E-state index contributed by atoms with van der Waals surface area (Å²) in [7, 11) is 1.84. The molecule has 0 bridgehead atoms. The van der Waals surface area contributed by atoms with Crippen LogP contribution in [0, 0.1) is 5.82 Å². The van der Waals surface area contributed by atoms with Crippen molar-refractivity contribution in [1.82, 2.24) is 19.8 Å². The van der Waals surface area contributed by atoms with Gasteiger partial charge in [0.15, 0.2) is 5.16 Å². The average Bonchev–Trinajstić information content (AvgIpc) is 3.24. The van der Waals surface area contributed by atoms with E-state index in [0.29, 0.717) is 28.6 Å². The summed E-state index contributed by atoms with van der Waals surface area (Å²) in [5, 5.41) is 6.23. The molecule has 2 aliphatic rings. The monoisotopic (exact) mass is 445 g/mol. The van der Waals surface area contributed by atoms with Gasteiger partial charge in [0.25, 0.3) is 5.91 Å². The van der Waals surface area contributed by atoms with Crippen molar-refractivity contribution in [2.24, 2.45) is 7.05 Å². The molecule has 0 unspecified atom stereocenters. The number of rotatable bonds is 6. The minimum absolute atomic E-state index is 0.0184. The van der Waals surface area contributed by atoms with Gasteiger partial charge in [0.05, 0.1) is 5.69 Å². The molecule has 0 radical (unpaired) electrons. The van der Waals surface area contributed by atoms with Gasteiger partial charge >= 0.3 is 6.03 Å². The average molecular weight is 446 g/mol. The lowest BCUT2D eigenvalue weighted by Gasteiger charge is -2.30. The fourth-order valence-corrected chi connectivity index (χ4v) is 4.91. The summed E-state index contributed by atoms with van der Waals surface area (Å²) in [5.74, 6) is -1.13. The fraction of sp³-hybridized carbons (Fsp3) is 0.429. The molecule has 1 aromatic carbocycles. The standard InChI is InChI=1S/C21H24FN5O3S/c1-26-12-10-23-20(26)31-16-6-5-14(22)13-15(16)24-17(28)7-11-27-18(29)21(25-19(27)30)8-3-2-4-9-21/h5-6,10,12-13H,2-4,7-9,11H2,1H3,(H,24,28)(H,25,30). The highest BCUT2D eigenvalue weighted by Crippen LogP contribution is 2.34. The summed E-state index contributed by atoms with van der Waals surface area (Å²) in [6.07, 6.45) is 7.50. The molecule has 2 aromatic rings. The Bertz CT molecular complexity index is 1020. The SMILES string of the molecule is Cn1ccnc1Sc1ccc(F)cc1NC(=O)CCN1C(=O)NC2(CCCCC2)C1=O. The van der Waals surface area contributed by atoms with Crippen LogP contribution in [0.25, 0.3) is 0 Å². The van der Waals surface area contributed by atoms with Crippen molar-refractivity contribution in [3.05, 3.63) is 36.4 Å². The summed E-state index contributed by atoms with van der Waals surface area (Å²) in [6.45, 7) is -0.0184. The first kappa shape index (κ1) is 21.4. The number of nitrogens with zero attached hydrogens (tertiary/aromatic N) is 3. The number of imide groups is 1. The van der Waals surface area contributed by atoms with Crippen LogP contribution in [0.5, 0.6) is 0 Å². The molecule has 2 heterocycles. The van der Waals surface area contributed by atoms with Crippen LogP contribution in [-0.2, 0) is 16.6 Å². The Balaban J connectivity index is 1.40. The number of carbonyl (C=O) groups is 3. The maximum atomic E-state index is 13.8. The van der Waals surface area contributed by atoms with E-state index in [1.807, 2.05) is 11.6 Å². The molecule has 1 aliphatic carbocycles. The number of amides is 4. The number of urea groups is 1.